The van der Waals surface area contributed by atoms with E-state index >= 15 is 0 Å². The van der Waals surface area contributed by atoms with Crippen LogP contribution in [0.15, 0.2) is 23.1 Å². The molecular weight excluding hydrogens is 269 g/mol. The maximum Gasteiger partial charge on any atom is 0.240 e. The summed E-state index contributed by atoms with van der Waals surface area (Å²) in [4.78, 5) is 0.110. The third kappa shape index (κ3) is 5.26. The van der Waals surface area contributed by atoms with Gasteiger partial charge in [0, 0.05) is 13.2 Å². The van der Waals surface area contributed by atoms with Gasteiger partial charge in [0.1, 0.15) is 5.82 Å². The molecule has 0 saturated carbocycles. The predicted octanol–water partition coefficient (Wildman–Crippen LogP) is 2.23. The lowest BCUT2D eigenvalue weighted by Crippen LogP contribution is -2.26. The van der Waals surface area contributed by atoms with Gasteiger partial charge < -0.3 is 4.74 Å². The van der Waals surface area contributed by atoms with E-state index in [2.05, 4.69) is 4.72 Å². The van der Waals surface area contributed by atoms with Gasteiger partial charge in [-0.2, -0.15) is 0 Å². The molecule has 1 rings (SSSR count). The Morgan fingerprint density at radius 3 is 2.63 bits per heavy atom. The van der Waals surface area contributed by atoms with Gasteiger partial charge in [0.05, 0.1) is 11.0 Å². The van der Waals surface area contributed by atoms with E-state index in [4.69, 9.17) is 4.74 Å². The van der Waals surface area contributed by atoms with Gasteiger partial charge in [-0.05, 0) is 51.0 Å². The van der Waals surface area contributed by atoms with Crippen molar-refractivity contribution in [1.29, 1.82) is 0 Å². The highest BCUT2D eigenvalue weighted by Gasteiger charge is 2.16. The summed E-state index contributed by atoms with van der Waals surface area (Å²) in [6.45, 7) is 6.21. The van der Waals surface area contributed by atoms with Crippen molar-refractivity contribution < 1.29 is 17.5 Å². The Balaban J connectivity index is 2.56. The summed E-state index contributed by atoms with van der Waals surface area (Å²) in [5.74, 6) is -0.443. The molecule has 1 aromatic carbocycles. The van der Waals surface area contributed by atoms with Gasteiger partial charge in [-0.3, -0.25) is 0 Å². The van der Waals surface area contributed by atoms with Crippen molar-refractivity contribution in [2.75, 3.05) is 13.2 Å². The average Bonchev–Trinajstić information content (AvgIpc) is 2.27. The quantitative estimate of drug-likeness (QED) is 0.783. The topological polar surface area (TPSA) is 55.4 Å². The predicted molar refractivity (Wildman–Crippen MR) is 72.0 cm³/mol. The first-order valence-electron chi connectivity index (χ1n) is 6.20. The van der Waals surface area contributed by atoms with Crippen LogP contribution < -0.4 is 4.72 Å². The number of ether oxygens (including phenoxy) is 1. The smallest absolute Gasteiger partial charge is 0.240 e. The molecule has 0 atom stereocenters. The molecular formula is C13H20FNO3S. The summed E-state index contributed by atoms with van der Waals surface area (Å²) in [6.07, 6.45) is 0.730. The van der Waals surface area contributed by atoms with E-state index in [0.29, 0.717) is 25.1 Å². The molecule has 0 spiro atoms. The Hall–Kier alpha value is -0.980. The fourth-order valence-corrected chi connectivity index (χ4v) is 2.89. The van der Waals surface area contributed by atoms with Crippen LogP contribution in [0.3, 0.4) is 0 Å². The van der Waals surface area contributed by atoms with Crippen molar-refractivity contribution >= 4 is 10.0 Å². The Morgan fingerprint density at radius 2 is 2.05 bits per heavy atom. The van der Waals surface area contributed by atoms with E-state index in [0.717, 1.165) is 6.07 Å². The summed E-state index contributed by atoms with van der Waals surface area (Å²) in [5, 5.41) is 0. The van der Waals surface area contributed by atoms with E-state index in [-0.39, 0.29) is 11.0 Å². The zero-order valence-corrected chi connectivity index (χ0v) is 12.3. The van der Waals surface area contributed by atoms with E-state index in [1.165, 1.54) is 12.1 Å². The lowest BCUT2D eigenvalue weighted by molar-refractivity contribution is 0.0778. The molecule has 6 heteroatoms. The van der Waals surface area contributed by atoms with Gasteiger partial charge in [0.2, 0.25) is 10.0 Å². The first-order chi connectivity index (χ1) is 8.83. The van der Waals surface area contributed by atoms with Crippen LogP contribution in [0.25, 0.3) is 0 Å². The summed E-state index contributed by atoms with van der Waals surface area (Å²) in [7, 11) is -3.58. The molecule has 0 aliphatic heterocycles. The molecule has 0 fully saturated rings. The second-order valence-electron chi connectivity index (χ2n) is 4.58. The number of halogens is 1. The minimum Gasteiger partial charge on any atom is -0.379 e. The van der Waals surface area contributed by atoms with Gasteiger partial charge in [0.15, 0.2) is 0 Å². The monoisotopic (exact) mass is 289 g/mol. The van der Waals surface area contributed by atoms with Gasteiger partial charge in [-0.1, -0.05) is 0 Å². The molecule has 0 unspecified atom stereocenters. The summed E-state index contributed by atoms with van der Waals surface area (Å²) >= 11 is 0. The molecule has 1 N–H and O–H groups in total. The Kier molecular flexibility index (Phi) is 5.90. The number of hydrogen-bond acceptors (Lipinski definition) is 3. The average molecular weight is 289 g/mol. The maximum absolute atomic E-state index is 12.9. The molecule has 0 radical (unpaired) electrons. The van der Waals surface area contributed by atoms with E-state index < -0.39 is 15.8 Å². The molecule has 19 heavy (non-hydrogen) atoms. The first-order valence-corrected chi connectivity index (χ1v) is 7.68. The fourth-order valence-electron chi connectivity index (χ4n) is 1.59. The molecule has 0 aliphatic rings. The van der Waals surface area contributed by atoms with Crippen LogP contribution in [0.1, 0.15) is 25.8 Å². The number of aryl methyl sites for hydroxylation is 1. The van der Waals surface area contributed by atoms with Crippen LogP contribution in [0.5, 0.6) is 0 Å². The number of benzene rings is 1. The van der Waals surface area contributed by atoms with Gasteiger partial charge in [0.25, 0.3) is 0 Å². The van der Waals surface area contributed by atoms with Crippen LogP contribution in [0, 0.1) is 12.7 Å². The zero-order valence-electron chi connectivity index (χ0n) is 11.4. The van der Waals surface area contributed by atoms with E-state index in [1.807, 2.05) is 13.8 Å². The van der Waals surface area contributed by atoms with Gasteiger partial charge in [-0.25, -0.2) is 17.5 Å². The summed E-state index contributed by atoms with van der Waals surface area (Å²) < 4.78 is 44.7. The lowest BCUT2D eigenvalue weighted by Gasteiger charge is -2.10. The number of sulfonamides is 1. The highest BCUT2D eigenvalue weighted by atomic mass is 32.2. The Morgan fingerprint density at radius 1 is 1.37 bits per heavy atom. The third-order valence-corrected chi connectivity index (χ3v) is 4.11. The molecule has 4 nitrogen and oxygen atoms in total. The van der Waals surface area contributed by atoms with E-state index in [9.17, 15) is 12.8 Å². The normalized spacial score (nSPS) is 12.1. The van der Waals surface area contributed by atoms with Crippen molar-refractivity contribution in [3.63, 3.8) is 0 Å². The summed E-state index contributed by atoms with van der Waals surface area (Å²) in [6, 6.07) is 3.62. The molecule has 0 bridgehead atoms. The van der Waals surface area contributed by atoms with Crippen molar-refractivity contribution in [3.8, 4) is 0 Å². The van der Waals surface area contributed by atoms with Crippen LogP contribution in [0.2, 0.25) is 0 Å². The van der Waals surface area contributed by atoms with Crippen LogP contribution >= 0.6 is 0 Å². The molecule has 0 aromatic heterocycles. The highest BCUT2D eigenvalue weighted by molar-refractivity contribution is 7.89. The van der Waals surface area contributed by atoms with Crippen molar-refractivity contribution in [2.24, 2.45) is 0 Å². The van der Waals surface area contributed by atoms with Gasteiger partial charge >= 0.3 is 0 Å². The van der Waals surface area contributed by atoms with Crippen molar-refractivity contribution in [2.45, 2.75) is 38.2 Å². The largest absolute Gasteiger partial charge is 0.379 e. The number of rotatable bonds is 7. The van der Waals surface area contributed by atoms with Crippen LogP contribution in [-0.2, 0) is 14.8 Å². The second kappa shape index (κ2) is 6.98. The first kappa shape index (κ1) is 16.1. The zero-order chi connectivity index (χ0) is 14.5. The molecule has 0 amide bonds. The minimum atomic E-state index is -3.58. The Labute approximate surface area is 114 Å². The summed E-state index contributed by atoms with van der Waals surface area (Å²) in [5.41, 5.74) is 0.394. The molecule has 0 saturated heterocycles. The lowest BCUT2D eigenvalue weighted by atomic mass is 10.2. The van der Waals surface area contributed by atoms with Crippen LogP contribution in [-0.4, -0.2) is 27.7 Å². The molecule has 0 heterocycles. The number of nitrogens with one attached hydrogen (secondary N) is 1. The highest BCUT2D eigenvalue weighted by Crippen LogP contribution is 2.15. The molecule has 1 aromatic rings. The second-order valence-corrected chi connectivity index (χ2v) is 6.32. The molecule has 0 aliphatic carbocycles. The fraction of sp³-hybridized carbons (Fsp3) is 0.538. The third-order valence-electron chi connectivity index (χ3n) is 2.49. The minimum absolute atomic E-state index is 0.110. The van der Waals surface area contributed by atoms with Gasteiger partial charge in [-0.15, -0.1) is 0 Å². The number of hydrogen-bond donors (Lipinski definition) is 1. The van der Waals surface area contributed by atoms with E-state index in [1.54, 1.807) is 6.92 Å². The SMILES string of the molecule is Cc1cc(F)ccc1S(=O)(=O)NCCCOC(C)C. The van der Waals surface area contributed by atoms with Crippen LogP contribution in [0.4, 0.5) is 4.39 Å². The van der Waals surface area contributed by atoms with Crippen molar-refractivity contribution in [3.05, 3.63) is 29.6 Å². The Bertz CT molecular complexity index is 515. The molecule has 108 valence electrons. The maximum atomic E-state index is 12.9. The van der Waals surface area contributed by atoms with Crippen molar-refractivity contribution in [1.82, 2.24) is 4.72 Å². The standard InChI is InChI=1S/C13H20FNO3S/c1-10(2)18-8-4-7-15-19(16,17)13-6-5-12(14)9-11(13)3/h5-6,9-10,15H,4,7-8H2,1-3H3.